The predicted octanol–water partition coefficient (Wildman–Crippen LogP) is 2.87. The first-order chi connectivity index (χ1) is 13.7. The van der Waals surface area contributed by atoms with Gasteiger partial charge in [-0.2, -0.15) is 0 Å². The molecule has 0 aromatic heterocycles. The Balaban J connectivity index is -0.0000000296. The van der Waals surface area contributed by atoms with E-state index in [-0.39, 0.29) is 6.61 Å². The quantitative estimate of drug-likeness (QED) is 0.304. The summed E-state index contributed by atoms with van der Waals surface area (Å²) in [5.41, 5.74) is 16.5. The summed E-state index contributed by atoms with van der Waals surface area (Å²) in [6.07, 6.45) is 5.03. The number of aldehydes is 1. The summed E-state index contributed by atoms with van der Waals surface area (Å²) in [5.74, 6) is 4.93. The Bertz CT molecular complexity index is 283. The lowest BCUT2D eigenvalue weighted by Gasteiger charge is -1.81. The van der Waals surface area contributed by atoms with Gasteiger partial charge in [0, 0.05) is 0 Å². The third kappa shape index (κ3) is 886. The Kier molecular flexibility index (Phi) is 167. The first-order valence-corrected chi connectivity index (χ1v) is 9.39. The van der Waals surface area contributed by atoms with Crippen LogP contribution < -0.4 is 17.2 Å². The lowest BCUT2D eigenvalue weighted by atomic mass is 10.3. The molecule has 0 bridgehead atoms. The van der Waals surface area contributed by atoms with E-state index in [0.717, 1.165) is 32.2 Å². The van der Waals surface area contributed by atoms with Gasteiger partial charge in [-0.15, -0.1) is 5.92 Å². The summed E-state index contributed by atoms with van der Waals surface area (Å²) in [5, 5.41) is 7.89. The molecule has 0 aromatic rings. The molecular formula is C22H51N3O4. The Morgan fingerprint density at radius 2 is 1.17 bits per heavy atom. The van der Waals surface area contributed by atoms with E-state index < -0.39 is 0 Å². The molecule has 0 unspecified atom stereocenters. The standard InChI is InChI=1S/C5H10.C4H6O.3C3H9N.C2H4O.2CH2O/c1-4-5(2)3;1-2-3-4-5;1-3(2)4;2*1-2-3-4;1-2-3;2*1-2/h4H,1-3H3;5H,4H2,1H3;3H,4H2,1-2H3;2*2-4H2,1H3;2H,1H3;2*1H2. The molecule has 0 radical (unpaired) electrons. The van der Waals surface area contributed by atoms with Gasteiger partial charge in [-0.3, -0.25) is 0 Å². The van der Waals surface area contributed by atoms with Crippen molar-refractivity contribution in [3.8, 4) is 11.8 Å². The number of hydrogen-bond acceptors (Lipinski definition) is 7. The number of carbonyl (C=O) groups is 3. The van der Waals surface area contributed by atoms with Crippen LogP contribution in [-0.4, -0.2) is 50.7 Å². The molecule has 0 atom stereocenters. The summed E-state index contributed by atoms with van der Waals surface area (Å²) in [6.45, 7) is 23.0. The van der Waals surface area contributed by atoms with Crippen molar-refractivity contribution in [2.45, 2.75) is 81.2 Å². The van der Waals surface area contributed by atoms with Crippen LogP contribution in [0, 0.1) is 11.8 Å². The Morgan fingerprint density at radius 3 is 1.17 bits per heavy atom. The molecule has 0 fully saturated rings. The molecule has 0 amide bonds. The van der Waals surface area contributed by atoms with E-state index in [2.05, 4.69) is 45.6 Å². The van der Waals surface area contributed by atoms with Gasteiger partial charge in [-0.25, -0.2) is 0 Å². The minimum Gasteiger partial charge on any atom is -0.384 e. The van der Waals surface area contributed by atoms with E-state index >= 15 is 0 Å². The van der Waals surface area contributed by atoms with Crippen molar-refractivity contribution in [3.05, 3.63) is 11.6 Å². The van der Waals surface area contributed by atoms with Crippen LogP contribution in [0.3, 0.4) is 0 Å². The van der Waals surface area contributed by atoms with Gasteiger partial charge in [-0.05, 0) is 66.6 Å². The van der Waals surface area contributed by atoms with Crippen LogP contribution >= 0.6 is 0 Å². The zero-order chi connectivity index (χ0) is 25.5. The third-order valence-corrected chi connectivity index (χ3v) is 1.41. The van der Waals surface area contributed by atoms with E-state index in [1.807, 2.05) is 34.3 Å². The van der Waals surface area contributed by atoms with Gasteiger partial charge in [0.2, 0.25) is 0 Å². The number of carbonyl (C=O) groups excluding carboxylic acids is 3. The van der Waals surface area contributed by atoms with E-state index in [1.165, 1.54) is 12.5 Å². The van der Waals surface area contributed by atoms with Crippen molar-refractivity contribution in [1.29, 1.82) is 0 Å². The van der Waals surface area contributed by atoms with Crippen LogP contribution in [0.2, 0.25) is 0 Å². The van der Waals surface area contributed by atoms with Crippen LogP contribution in [-0.2, 0) is 14.4 Å². The molecule has 178 valence electrons. The van der Waals surface area contributed by atoms with Gasteiger partial charge in [0.1, 0.15) is 26.5 Å². The van der Waals surface area contributed by atoms with Crippen LogP contribution in [0.4, 0.5) is 0 Å². The molecule has 7 nitrogen and oxygen atoms in total. The molecule has 0 rings (SSSR count). The third-order valence-electron chi connectivity index (χ3n) is 1.41. The smallest absolute Gasteiger partial charge is 0.116 e. The van der Waals surface area contributed by atoms with Crippen molar-refractivity contribution in [3.63, 3.8) is 0 Å². The van der Waals surface area contributed by atoms with E-state index in [4.69, 9.17) is 36.7 Å². The van der Waals surface area contributed by atoms with Gasteiger partial charge in [0.05, 0.1) is 0 Å². The number of rotatable bonds is 2. The largest absolute Gasteiger partial charge is 0.384 e. The highest BCUT2D eigenvalue weighted by molar-refractivity contribution is 5.44. The molecule has 7 heteroatoms. The Morgan fingerprint density at radius 1 is 1.00 bits per heavy atom. The van der Waals surface area contributed by atoms with Gasteiger partial charge < -0.3 is 36.7 Å². The van der Waals surface area contributed by atoms with Crippen LogP contribution in [0.5, 0.6) is 0 Å². The highest BCUT2D eigenvalue weighted by Crippen LogP contribution is 1.82. The van der Waals surface area contributed by atoms with E-state index in [1.54, 1.807) is 6.92 Å². The topological polar surface area (TPSA) is 150 Å². The van der Waals surface area contributed by atoms with Crippen LogP contribution in [0.15, 0.2) is 11.6 Å². The Labute approximate surface area is 181 Å². The number of nitrogens with two attached hydrogens (primary N) is 3. The fourth-order valence-corrected chi connectivity index (χ4v) is 0.0791. The van der Waals surface area contributed by atoms with Gasteiger partial charge >= 0.3 is 0 Å². The lowest BCUT2D eigenvalue weighted by molar-refractivity contribution is -0.106. The summed E-state index contributed by atoms with van der Waals surface area (Å²) >= 11 is 0. The SMILES string of the molecule is C=O.C=O.CC#CCO.CC(C)N.CC=C(C)C.CC=O.CCCN.CCCN. The van der Waals surface area contributed by atoms with Gasteiger partial charge in [0.15, 0.2) is 0 Å². The summed E-state index contributed by atoms with van der Waals surface area (Å²) < 4.78 is 0. The zero-order valence-electron chi connectivity index (χ0n) is 20.6. The van der Waals surface area contributed by atoms with Gasteiger partial charge in [0.25, 0.3) is 0 Å². The summed E-state index contributed by atoms with van der Waals surface area (Å²) in [4.78, 5) is 24.8. The normalized spacial score (nSPS) is 6.14. The predicted molar refractivity (Wildman–Crippen MR) is 130 cm³/mol. The maximum absolute atomic E-state index is 8.81. The van der Waals surface area contributed by atoms with E-state index in [0.29, 0.717) is 6.04 Å². The minimum absolute atomic E-state index is 0.0174. The van der Waals surface area contributed by atoms with Crippen LogP contribution in [0.25, 0.3) is 0 Å². The molecule has 0 saturated heterocycles. The Hall–Kier alpha value is -1.85. The molecule has 29 heavy (non-hydrogen) atoms. The van der Waals surface area contributed by atoms with Crippen molar-refractivity contribution >= 4 is 19.9 Å². The van der Waals surface area contributed by atoms with Crippen molar-refractivity contribution in [2.24, 2.45) is 17.2 Å². The molecule has 0 heterocycles. The second-order valence-electron chi connectivity index (χ2n) is 5.01. The molecule has 7 N–H and O–H groups in total. The average molecular weight is 422 g/mol. The molecule has 0 aliphatic rings. The maximum Gasteiger partial charge on any atom is 0.116 e. The number of hydrogen-bond donors (Lipinski definition) is 4. The first kappa shape index (κ1) is 50.6. The highest BCUT2D eigenvalue weighted by atomic mass is 16.2. The van der Waals surface area contributed by atoms with Crippen LogP contribution in [0.1, 0.15) is 75.2 Å². The fourth-order valence-electron chi connectivity index (χ4n) is 0.0791. The van der Waals surface area contributed by atoms with Gasteiger partial charge in [-0.1, -0.05) is 45.3 Å². The summed E-state index contributed by atoms with van der Waals surface area (Å²) in [6, 6.07) is 0.333. The molecule has 0 aromatic carbocycles. The molecule has 0 spiro atoms. The van der Waals surface area contributed by atoms with Crippen molar-refractivity contribution < 1.29 is 19.5 Å². The molecule has 0 aliphatic heterocycles. The molecule has 0 saturated carbocycles. The highest BCUT2D eigenvalue weighted by Gasteiger charge is 1.67. The van der Waals surface area contributed by atoms with Crippen molar-refractivity contribution in [2.75, 3.05) is 19.7 Å². The fraction of sp³-hybridized carbons (Fsp3) is 0.682. The number of aliphatic hydroxyl groups excluding tert-OH is 1. The summed E-state index contributed by atoms with van der Waals surface area (Å²) in [7, 11) is 0. The zero-order valence-corrected chi connectivity index (χ0v) is 20.6. The molecular weight excluding hydrogens is 370 g/mol. The monoisotopic (exact) mass is 421 g/mol. The lowest BCUT2D eigenvalue weighted by Crippen LogP contribution is -2.06. The number of aliphatic hydroxyl groups is 1. The second kappa shape index (κ2) is 95.7. The molecule has 0 aliphatic carbocycles. The maximum atomic E-state index is 8.81. The first-order valence-electron chi connectivity index (χ1n) is 9.39. The van der Waals surface area contributed by atoms with Crippen molar-refractivity contribution in [1.82, 2.24) is 0 Å². The minimum atomic E-state index is -0.0174. The number of allylic oxidation sites excluding steroid dienone is 2. The second-order valence-corrected chi connectivity index (χ2v) is 5.01. The average Bonchev–Trinajstić information content (AvgIpc) is 2.72. The van der Waals surface area contributed by atoms with E-state index in [9.17, 15) is 0 Å².